The van der Waals surface area contributed by atoms with Gasteiger partial charge in [0.05, 0.1) is 12.6 Å². The van der Waals surface area contributed by atoms with Crippen molar-refractivity contribution < 1.29 is 9.90 Å². The van der Waals surface area contributed by atoms with Crippen molar-refractivity contribution in [1.29, 1.82) is 0 Å². The van der Waals surface area contributed by atoms with Gasteiger partial charge in [0.25, 0.3) is 0 Å². The van der Waals surface area contributed by atoms with Gasteiger partial charge in [-0.1, -0.05) is 11.3 Å². The van der Waals surface area contributed by atoms with Gasteiger partial charge in [-0.15, -0.1) is 0 Å². The van der Waals surface area contributed by atoms with Crippen LogP contribution in [0.4, 0.5) is 0 Å². The summed E-state index contributed by atoms with van der Waals surface area (Å²) >= 11 is 1.11. The highest BCUT2D eigenvalue weighted by Gasteiger charge is 2.28. The SMILES string of the molecule is Cc1csc(=O)n1CC(=O)N1CCC[C@@H]1CO. The van der Waals surface area contributed by atoms with Crippen LogP contribution in [0.1, 0.15) is 18.5 Å². The minimum Gasteiger partial charge on any atom is -0.394 e. The predicted octanol–water partition coefficient (Wildman–Crippen LogP) is 0.202. The summed E-state index contributed by atoms with van der Waals surface area (Å²) in [6.07, 6.45) is 1.77. The Balaban J connectivity index is 2.09. The summed E-state index contributed by atoms with van der Waals surface area (Å²) in [4.78, 5) is 25.1. The summed E-state index contributed by atoms with van der Waals surface area (Å²) in [5.74, 6) is -0.0786. The van der Waals surface area contributed by atoms with Crippen molar-refractivity contribution in [3.8, 4) is 0 Å². The third-order valence-electron chi connectivity index (χ3n) is 3.18. The summed E-state index contributed by atoms with van der Waals surface area (Å²) in [6, 6.07) is -0.0721. The Morgan fingerprint density at radius 1 is 1.65 bits per heavy atom. The van der Waals surface area contributed by atoms with Crippen LogP contribution in [0.25, 0.3) is 0 Å². The molecule has 2 heterocycles. The molecule has 1 aromatic heterocycles. The summed E-state index contributed by atoms with van der Waals surface area (Å²) < 4.78 is 1.49. The van der Waals surface area contributed by atoms with E-state index in [4.69, 9.17) is 5.11 Å². The molecule has 0 bridgehead atoms. The Kier molecular flexibility index (Phi) is 3.63. The molecule has 94 valence electrons. The van der Waals surface area contributed by atoms with Crippen molar-refractivity contribution >= 4 is 17.2 Å². The lowest BCUT2D eigenvalue weighted by molar-refractivity contribution is -0.133. The molecular weight excluding hydrogens is 240 g/mol. The highest BCUT2D eigenvalue weighted by atomic mass is 32.1. The number of aryl methyl sites for hydroxylation is 1. The zero-order valence-corrected chi connectivity index (χ0v) is 10.6. The molecule has 1 N–H and O–H groups in total. The number of likely N-dealkylation sites (tertiary alicyclic amines) is 1. The molecule has 5 nitrogen and oxygen atoms in total. The summed E-state index contributed by atoms with van der Waals surface area (Å²) in [5.41, 5.74) is 0.813. The fourth-order valence-corrected chi connectivity index (χ4v) is 2.91. The van der Waals surface area contributed by atoms with Gasteiger partial charge in [0.2, 0.25) is 5.91 Å². The second-order valence-corrected chi connectivity index (χ2v) is 5.12. The summed E-state index contributed by atoms with van der Waals surface area (Å²) in [6.45, 7) is 2.59. The third kappa shape index (κ3) is 2.42. The van der Waals surface area contributed by atoms with Crippen LogP contribution in [0, 0.1) is 6.92 Å². The normalized spacial score (nSPS) is 19.9. The number of hydrogen-bond acceptors (Lipinski definition) is 4. The van der Waals surface area contributed by atoms with Crippen LogP contribution in [-0.2, 0) is 11.3 Å². The first-order valence-electron chi connectivity index (χ1n) is 5.68. The fraction of sp³-hybridized carbons (Fsp3) is 0.636. The van der Waals surface area contributed by atoms with Gasteiger partial charge in [-0.2, -0.15) is 0 Å². The van der Waals surface area contributed by atoms with Gasteiger partial charge in [0.15, 0.2) is 0 Å². The Hall–Kier alpha value is -1.14. The molecule has 1 amide bonds. The molecular formula is C11H16N2O3S. The highest BCUT2D eigenvalue weighted by molar-refractivity contribution is 7.07. The van der Waals surface area contributed by atoms with E-state index in [1.807, 2.05) is 6.92 Å². The minimum absolute atomic E-state index is 0.00323. The van der Waals surface area contributed by atoms with Crippen LogP contribution in [-0.4, -0.2) is 39.7 Å². The molecule has 2 rings (SSSR count). The molecule has 0 aliphatic carbocycles. The maximum atomic E-state index is 12.0. The van der Waals surface area contributed by atoms with E-state index in [1.165, 1.54) is 4.57 Å². The van der Waals surface area contributed by atoms with Crippen molar-refractivity contribution in [3.05, 3.63) is 20.7 Å². The molecule has 0 unspecified atom stereocenters. The molecule has 6 heteroatoms. The van der Waals surface area contributed by atoms with Gasteiger partial charge in [-0.25, -0.2) is 0 Å². The van der Waals surface area contributed by atoms with Crippen LogP contribution in [0.3, 0.4) is 0 Å². The number of amides is 1. The number of aromatic nitrogens is 1. The number of carbonyl (C=O) groups is 1. The van der Waals surface area contributed by atoms with Crippen molar-refractivity contribution in [2.24, 2.45) is 0 Å². The van der Waals surface area contributed by atoms with E-state index in [-0.39, 0.29) is 30.0 Å². The van der Waals surface area contributed by atoms with Gasteiger partial charge in [-0.05, 0) is 19.8 Å². The Morgan fingerprint density at radius 3 is 3.00 bits per heavy atom. The molecule has 1 atom stereocenters. The van der Waals surface area contributed by atoms with E-state index in [0.717, 1.165) is 29.9 Å². The lowest BCUT2D eigenvalue weighted by Crippen LogP contribution is -2.40. The number of nitrogens with zero attached hydrogens (tertiary/aromatic N) is 2. The molecule has 0 aromatic carbocycles. The molecule has 1 fully saturated rings. The largest absolute Gasteiger partial charge is 0.394 e. The average molecular weight is 256 g/mol. The number of aliphatic hydroxyl groups excluding tert-OH is 1. The van der Waals surface area contributed by atoms with Crippen LogP contribution in [0.5, 0.6) is 0 Å². The summed E-state index contributed by atoms with van der Waals surface area (Å²) in [7, 11) is 0. The first-order chi connectivity index (χ1) is 8.13. The Labute approximate surface area is 103 Å². The molecule has 1 aliphatic heterocycles. The number of aliphatic hydroxyl groups is 1. The second kappa shape index (κ2) is 5.01. The molecule has 17 heavy (non-hydrogen) atoms. The van der Waals surface area contributed by atoms with E-state index in [1.54, 1.807) is 10.3 Å². The van der Waals surface area contributed by atoms with Crippen LogP contribution in [0.15, 0.2) is 10.2 Å². The molecule has 0 spiro atoms. The van der Waals surface area contributed by atoms with Gasteiger partial charge in [-0.3, -0.25) is 14.2 Å². The summed E-state index contributed by atoms with van der Waals surface area (Å²) in [5, 5.41) is 10.9. The van der Waals surface area contributed by atoms with Gasteiger partial charge in [0.1, 0.15) is 6.54 Å². The van der Waals surface area contributed by atoms with E-state index < -0.39 is 0 Å². The molecule has 1 aliphatic rings. The maximum Gasteiger partial charge on any atom is 0.307 e. The van der Waals surface area contributed by atoms with Gasteiger partial charge < -0.3 is 10.0 Å². The van der Waals surface area contributed by atoms with Crippen LogP contribution >= 0.6 is 11.3 Å². The monoisotopic (exact) mass is 256 g/mol. The maximum absolute atomic E-state index is 12.0. The molecule has 0 radical (unpaired) electrons. The average Bonchev–Trinajstić information content (AvgIpc) is 2.90. The highest BCUT2D eigenvalue weighted by Crippen LogP contribution is 2.17. The Morgan fingerprint density at radius 2 is 2.41 bits per heavy atom. The number of rotatable bonds is 3. The van der Waals surface area contributed by atoms with E-state index in [2.05, 4.69) is 0 Å². The number of thiazole rings is 1. The zero-order chi connectivity index (χ0) is 12.4. The fourth-order valence-electron chi connectivity index (χ4n) is 2.18. The Bertz CT molecular complexity index is 466. The minimum atomic E-state index is -0.101. The molecule has 0 saturated carbocycles. The predicted molar refractivity (Wildman–Crippen MR) is 65.1 cm³/mol. The van der Waals surface area contributed by atoms with E-state index in [9.17, 15) is 9.59 Å². The number of hydrogen-bond donors (Lipinski definition) is 1. The third-order valence-corrected chi connectivity index (χ3v) is 4.06. The van der Waals surface area contributed by atoms with Gasteiger partial charge >= 0.3 is 4.87 Å². The first kappa shape index (κ1) is 12.3. The standard InChI is InChI=1S/C11H16N2O3S/c1-8-7-17-11(16)13(8)5-10(15)12-4-2-3-9(12)6-14/h7,9,14H,2-6H2,1H3/t9-/m1/s1. The molecule has 1 aromatic rings. The van der Waals surface area contributed by atoms with Crippen molar-refractivity contribution in [2.45, 2.75) is 32.4 Å². The lowest BCUT2D eigenvalue weighted by Gasteiger charge is -2.23. The quantitative estimate of drug-likeness (QED) is 0.840. The van der Waals surface area contributed by atoms with E-state index in [0.29, 0.717) is 6.54 Å². The van der Waals surface area contributed by atoms with Crippen LogP contribution in [0.2, 0.25) is 0 Å². The van der Waals surface area contributed by atoms with Crippen molar-refractivity contribution in [1.82, 2.24) is 9.47 Å². The number of carbonyl (C=O) groups excluding carboxylic acids is 1. The van der Waals surface area contributed by atoms with Crippen molar-refractivity contribution in [3.63, 3.8) is 0 Å². The van der Waals surface area contributed by atoms with Gasteiger partial charge in [0, 0.05) is 17.6 Å². The molecule has 1 saturated heterocycles. The second-order valence-electron chi connectivity index (χ2n) is 4.29. The van der Waals surface area contributed by atoms with E-state index >= 15 is 0 Å². The zero-order valence-electron chi connectivity index (χ0n) is 9.76. The first-order valence-corrected chi connectivity index (χ1v) is 6.56. The topological polar surface area (TPSA) is 62.5 Å². The van der Waals surface area contributed by atoms with Crippen molar-refractivity contribution in [2.75, 3.05) is 13.2 Å². The lowest BCUT2D eigenvalue weighted by atomic mass is 10.2. The van der Waals surface area contributed by atoms with Crippen LogP contribution < -0.4 is 4.87 Å². The smallest absolute Gasteiger partial charge is 0.307 e.